The number of thiazole rings is 1. The number of hydrogen-bond donors (Lipinski definition) is 0. The molecular formula is C21H21NO4S. The number of methoxy groups -OCH3 is 4. The zero-order chi connectivity index (χ0) is 19.2. The van der Waals surface area contributed by atoms with Crippen LogP contribution in [0, 0.1) is 0 Å². The summed E-state index contributed by atoms with van der Waals surface area (Å²) in [5.41, 5.74) is 2.83. The molecule has 1 heterocycles. The normalized spacial score (nSPS) is 10.8. The lowest BCUT2D eigenvalue weighted by Gasteiger charge is -2.08. The monoisotopic (exact) mass is 383 g/mol. The SMILES string of the molecule is COc1ccc(/C=C/c2nc(-c3ccc(OC)c(OC)c3)cs2)c(OC)c1. The van der Waals surface area contributed by atoms with Gasteiger partial charge < -0.3 is 18.9 Å². The molecule has 0 saturated carbocycles. The van der Waals surface area contributed by atoms with Gasteiger partial charge in [-0.25, -0.2) is 4.98 Å². The van der Waals surface area contributed by atoms with Crippen LogP contribution in [-0.2, 0) is 0 Å². The van der Waals surface area contributed by atoms with Crippen LogP contribution in [-0.4, -0.2) is 33.4 Å². The quantitative estimate of drug-likeness (QED) is 0.574. The minimum absolute atomic E-state index is 0.683. The average molecular weight is 383 g/mol. The van der Waals surface area contributed by atoms with Crippen LogP contribution in [0.1, 0.15) is 10.6 Å². The Labute approximate surface area is 162 Å². The molecule has 5 nitrogen and oxygen atoms in total. The van der Waals surface area contributed by atoms with Gasteiger partial charge in [0.2, 0.25) is 0 Å². The Morgan fingerprint density at radius 3 is 2.26 bits per heavy atom. The van der Waals surface area contributed by atoms with E-state index in [1.807, 2.05) is 53.9 Å². The van der Waals surface area contributed by atoms with E-state index in [1.165, 1.54) is 0 Å². The van der Waals surface area contributed by atoms with Gasteiger partial charge in [0.05, 0.1) is 34.1 Å². The van der Waals surface area contributed by atoms with E-state index >= 15 is 0 Å². The van der Waals surface area contributed by atoms with Crippen LogP contribution in [0.4, 0.5) is 0 Å². The van der Waals surface area contributed by atoms with E-state index < -0.39 is 0 Å². The van der Waals surface area contributed by atoms with Gasteiger partial charge in [-0.2, -0.15) is 0 Å². The highest BCUT2D eigenvalue weighted by Gasteiger charge is 2.09. The van der Waals surface area contributed by atoms with Crippen molar-refractivity contribution in [3.63, 3.8) is 0 Å². The Hall–Kier alpha value is -2.99. The standard InChI is InChI=1S/C21H21NO4S/c1-23-16-8-5-14(19(12-16)25-3)7-10-21-22-17(13-27-21)15-6-9-18(24-2)20(11-15)26-4/h5-13H,1-4H3/b10-7+. The van der Waals surface area contributed by atoms with Crippen LogP contribution in [0.15, 0.2) is 41.8 Å². The topological polar surface area (TPSA) is 49.8 Å². The molecule has 0 aliphatic carbocycles. The predicted octanol–water partition coefficient (Wildman–Crippen LogP) is 5.01. The number of nitrogens with zero attached hydrogens (tertiary/aromatic N) is 1. The van der Waals surface area contributed by atoms with Crippen molar-refractivity contribution in [1.82, 2.24) is 4.98 Å². The van der Waals surface area contributed by atoms with Crippen molar-refractivity contribution in [2.24, 2.45) is 0 Å². The molecule has 0 fully saturated rings. The summed E-state index contributed by atoms with van der Waals surface area (Å²) in [7, 11) is 6.52. The van der Waals surface area contributed by atoms with Crippen molar-refractivity contribution in [3.05, 3.63) is 52.3 Å². The van der Waals surface area contributed by atoms with Gasteiger partial charge >= 0.3 is 0 Å². The summed E-state index contributed by atoms with van der Waals surface area (Å²) in [6.07, 6.45) is 3.95. The predicted molar refractivity (Wildman–Crippen MR) is 109 cm³/mol. The van der Waals surface area contributed by atoms with Gasteiger partial charge in [0.1, 0.15) is 16.5 Å². The van der Waals surface area contributed by atoms with Crippen molar-refractivity contribution in [2.45, 2.75) is 0 Å². The van der Waals surface area contributed by atoms with Crippen LogP contribution >= 0.6 is 11.3 Å². The molecule has 27 heavy (non-hydrogen) atoms. The number of ether oxygens (including phenoxy) is 4. The maximum absolute atomic E-state index is 5.42. The molecular weight excluding hydrogens is 362 g/mol. The molecule has 3 aromatic rings. The van der Waals surface area contributed by atoms with E-state index in [-0.39, 0.29) is 0 Å². The van der Waals surface area contributed by atoms with Gasteiger partial charge in [-0.3, -0.25) is 0 Å². The third-order valence-corrected chi connectivity index (χ3v) is 4.86. The Bertz CT molecular complexity index is 949. The Balaban J connectivity index is 1.83. The molecule has 0 radical (unpaired) electrons. The fourth-order valence-electron chi connectivity index (χ4n) is 2.61. The maximum Gasteiger partial charge on any atom is 0.161 e. The minimum atomic E-state index is 0.683. The van der Waals surface area contributed by atoms with E-state index in [1.54, 1.807) is 39.8 Å². The maximum atomic E-state index is 5.42. The minimum Gasteiger partial charge on any atom is -0.497 e. The summed E-state index contributed by atoms with van der Waals surface area (Å²) in [4.78, 5) is 4.69. The van der Waals surface area contributed by atoms with E-state index in [0.29, 0.717) is 11.5 Å². The molecule has 0 atom stereocenters. The highest BCUT2D eigenvalue weighted by molar-refractivity contribution is 7.10. The van der Waals surface area contributed by atoms with Crippen LogP contribution in [0.25, 0.3) is 23.4 Å². The number of benzene rings is 2. The van der Waals surface area contributed by atoms with Gasteiger partial charge in [-0.05, 0) is 42.5 Å². The molecule has 0 spiro atoms. The van der Waals surface area contributed by atoms with Crippen LogP contribution in [0.2, 0.25) is 0 Å². The van der Waals surface area contributed by atoms with Gasteiger partial charge in [-0.1, -0.05) is 0 Å². The Morgan fingerprint density at radius 2 is 1.56 bits per heavy atom. The van der Waals surface area contributed by atoms with Gasteiger partial charge in [0, 0.05) is 22.6 Å². The van der Waals surface area contributed by atoms with E-state index in [4.69, 9.17) is 18.9 Å². The fraction of sp³-hybridized carbons (Fsp3) is 0.190. The summed E-state index contributed by atoms with van der Waals surface area (Å²) in [5.74, 6) is 2.89. The number of hydrogen-bond acceptors (Lipinski definition) is 6. The first-order chi connectivity index (χ1) is 13.2. The summed E-state index contributed by atoms with van der Waals surface area (Å²) in [6, 6.07) is 11.5. The van der Waals surface area contributed by atoms with Gasteiger partial charge in [0.25, 0.3) is 0 Å². The molecule has 0 N–H and O–H groups in total. The molecule has 0 unspecified atom stereocenters. The van der Waals surface area contributed by atoms with Crippen molar-refractivity contribution in [3.8, 4) is 34.3 Å². The zero-order valence-electron chi connectivity index (χ0n) is 15.7. The third kappa shape index (κ3) is 4.23. The van der Waals surface area contributed by atoms with Crippen molar-refractivity contribution in [1.29, 1.82) is 0 Å². The molecule has 3 rings (SSSR count). The van der Waals surface area contributed by atoms with Crippen molar-refractivity contribution >= 4 is 23.5 Å². The Kier molecular flexibility index (Phi) is 5.98. The molecule has 140 valence electrons. The fourth-order valence-corrected chi connectivity index (χ4v) is 3.33. The van der Waals surface area contributed by atoms with Gasteiger partial charge in [-0.15, -0.1) is 11.3 Å². The second kappa shape index (κ2) is 8.60. The molecule has 0 aliphatic rings. The smallest absolute Gasteiger partial charge is 0.161 e. The molecule has 6 heteroatoms. The summed E-state index contributed by atoms with van der Waals surface area (Å²) in [6.45, 7) is 0. The first-order valence-corrected chi connectivity index (χ1v) is 9.14. The molecule has 2 aromatic carbocycles. The molecule has 0 aliphatic heterocycles. The first kappa shape index (κ1) is 18.8. The van der Waals surface area contributed by atoms with Crippen LogP contribution in [0.5, 0.6) is 23.0 Å². The van der Waals surface area contributed by atoms with Gasteiger partial charge in [0.15, 0.2) is 11.5 Å². The van der Waals surface area contributed by atoms with Crippen molar-refractivity contribution in [2.75, 3.05) is 28.4 Å². The average Bonchev–Trinajstić information content (AvgIpc) is 3.20. The lowest BCUT2D eigenvalue weighted by molar-refractivity contribution is 0.355. The highest BCUT2D eigenvalue weighted by atomic mass is 32.1. The lowest BCUT2D eigenvalue weighted by atomic mass is 10.1. The molecule has 0 saturated heterocycles. The number of rotatable bonds is 7. The second-order valence-electron chi connectivity index (χ2n) is 5.58. The summed E-state index contributed by atoms with van der Waals surface area (Å²) < 4.78 is 21.3. The molecule has 1 aromatic heterocycles. The molecule has 0 bridgehead atoms. The summed E-state index contributed by atoms with van der Waals surface area (Å²) >= 11 is 1.57. The van der Waals surface area contributed by atoms with Crippen LogP contribution in [0.3, 0.4) is 0 Å². The Morgan fingerprint density at radius 1 is 0.778 bits per heavy atom. The third-order valence-electron chi connectivity index (χ3n) is 4.05. The largest absolute Gasteiger partial charge is 0.497 e. The highest BCUT2D eigenvalue weighted by Crippen LogP contribution is 2.33. The van der Waals surface area contributed by atoms with E-state index in [9.17, 15) is 0 Å². The zero-order valence-corrected chi connectivity index (χ0v) is 16.5. The summed E-state index contributed by atoms with van der Waals surface area (Å²) in [5, 5.41) is 2.92. The first-order valence-electron chi connectivity index (χ1n) is 8.26. The van der Waals surface area contributed by atoms with Crippen molar-refractivity contribution < 1.29 is 18.9 Å². The number of aromatic nitrogens is 1. The second-order valence-corrected chi connectivity index (χ2v) is 6.47. The van der Waals surface area contributed by atoms with E-state index in [2.05, 4.69) is 4.98 Å². The lowest BCUT2D eigenvalue weighted by Crippen LogP contribution is -1.91. The molecule has 0 amide bonds. The van der Waals surface area contributed by atoms with E-state index in [0.717, 1.165) is 33.3 Å². The van der Waals surface area contributed by atoms with Crippen LogP contribution < -0.4 is 18.9 Å².